The Bertz CT molecular complexity index is 569. The number of hydrogen-bond donors (Lipinski definition) is 2. The third-order valence-corrected chi connectivity index (χ3v) is 3.84. The van der Waals surface area contributed by atoms with E-state index < -0.39 is 15.9 Å². The van der Waals surface area contributed by atoms with Crippen molar-refractivity contribution in [2.45, 2.75) is 37.1 Å². The Labute approximate surface area is 99.2 Å². The third-order valence-electron chi connectivity index (χ3n) is 2.82. The minimum atomic E-state index is -3.85. The molecule has 1 aliphatic carbocycles. The van der Waals surface area contributed by atoms with E-state index in [0.717, 1.165) is 18.9 Å². The van der Waals surface area contributed by atoms with Gasteiger partial charge in [-0.1, -0.05) is 0 Å². The Kier molecular flexibility index (Phi) is 2.55. The molecule has 0 atom stereocenters. The van der Waals surface area contributed by atoms with E-state index in [1.54, 1.807) is 0 Å². The second-order valence-electron chi connectivity index (χ2n) is 4.59. The number of sulfonamides is 1. The first kappa shape index (κ1) is 12.1. The van der Waals surface area contributed by atoms with Crippen LogP contribution in [0.5, 0.6) is 0 Å². The van der Waals surface area contributed by atoms with Gasteiger partial charge in [0.1, 0.15) is 10.7 Å². The van der Waals surface area contributed by atoms with E-state index in [1.165, 1.54) is 6.92 Å². The van der Waals surface area contributed by atoms with Crippen LogP contribution in [-0.4, -0.2) is 19.9 Å². The first-order valence-electron chi connectivity index (χ1n) is 5.17. The van der Waals surface area contributed by atoms with Crippen molar-refractivity contribution in [1.82, 2.24) is 5.32 Å². The van der Waals surface area contributed by atoms with Crippen LogP contribution in [0.15, 0.2) is 15.4 Å². The van der Waals surface area contributed by atoms with E-state index in [-0.39, 0.29) is 22.0 Å². The molecular weight excluding hydrogens is 244 g/mol. The second-order valence-corrected chi connectivity index (χ2v) is 6.12. The van der Waals surface area contributed by atoms with Crippen molar-refractivity contribution >= 4 is 15.9 Å². The predicted octanol–water partition coefficient (Wildman–Crippen LogP) is 0.518. The summed E-state index contributed by atoms with van der Waals surface area (Å²) in [5, 5.41) is 7.76. The molecule has 0 radical (unpaired) electrons. The molecule has 2 rings (SSSR count). The number of rotatable bonds is 3. The van der Waals surface area contributed by atoms with Crippen molar-refractivity contribution in [2.24, 2.45) is 5.14 Å². The maximum absolute atomic E-state index is 11.8. The van der Waals surface area contributed by atoms with Gasteiger partial charge in [-0.2, -0.15) is 0 Å². The van der Waals surface area contributed by atoms with Crippen LogP contribution < -0.4 is 10.5 Å². The smallest absolute Gasteiger partial charge is 0.287 e. The van der Waals surface area contributed by atoms with Crippen LogP contribution in [-0.2, 0) is 10.0 Å². The van der Waals surface area contributed by atoms with Crippen LogP contribution in [0.3, 0.4) is 0 Å². The first-order chi connectivity index (χ1) is 7.71. The number of carbonyl (C=O) groups is 1. The van der Waals surface area contributed by atoms with Crippen LogP contribution >= 0.6 is 0 Å². The van der Waals surface area contributed by atoms with Gasteiger partial charge in [-0.25, -0.2) is 13.6 Å². The molecule has 0 aliphatic heterocycles. The lowest BCUT2D eigenvalue weighted by molar-refractivity contribution is 0.0906. The van der Waals surface area contributed by atoms with Gasteiger partial charge in [-0.3, -0.25) is 4.79 Å². The highest BCUT2D eigenvalue weighted by Crippen LogP contribution is 2.34. The van der Waals surface area contributed by atoms with Gasteiger partial charge in [0.25, 0.3) is 5.91 Å². The standard InChI is InChI=1S/C10H14N2O4S/c1-6-8(17(11,14)15)5-7(16-6)9(13)12-10(2)3-4-10/h5H,3-4H2,1-2H3,(H,12,13)(H2,11,14,15). The van der Waals surface area contributed by atoms with E-state index in [4.69, 9.17) is 9.56 Å². The van der Waals surface area contributed by atoms with Crippen LogP contribution in [0, 0.1) is 6.92 Å². The number of aryl methyl sites for hydroxylation is 1. The highest BCUT2D eigenvalue weighted by Gasteiger charge is 2.39. The Morgan fingerprint density at radius 2 is 2.12 bits per heavy atom. The molecule has 1 fully saturated rings. The van der Waals surface area contributed by atoms with Crippen molar-refractivity contribution in [2.75, 3.05) is 0 Å². The Morgan fingerprint density at radius 3 is 2.53 bits per heavy atom. The van der Waals surface area contributed by atoms with Gasteiger partial charge < -0.3 is 9.73 Å². The number of carbonyl (C=O) groups excluding carboxylic acids is 1. The molecule has 1 aliphatic rings. The quantitative estimate of drug-likeness (QED) is 0.824. The van der Waals surface area contributed by atoms with Crippen molar-refractivity contribution in [1.29, 1.82) is 0 Å². The van der Waals surface area contributed by atoms with Crippen molar-refractivity contribution in [3.63, 3.8) is 0 Å². The van der Waals surface area contributed by atoms with Crippen molar-refractivity contribution < 1.29 is 17.6 Å². The summed E-state index contributed by atoms with van der Waals surface area (Å²) in [6, 6.07) is 1.16. The molecule has 0 aromatic carbocycles. The van der Waals surface area contributed by atoms with Gasteiger partial charge in [0.15, 0.2) is 5.76 Å². The summed E-state index contributed by atoms with van der Waals surface area (Å²) in [6.07, 6.45) is 1.83. The van der Waals surface area contributed by atoms with E-state index in [0.29, 0.717) is 0 Å². The maximum Gasteiger partial charge on any atom is 0.287 e. The van der Waals surface area contributed by atoms with E-state index in [2.05, 4.69) is 5.32 Å². The van der Waals surface area contributed by atoms with Crippen LogP contribution in [0.2, 0.25) is 0 Å². The third kappa shape index (κ3) is 2.50. The zero-order valence-corrected chi connectivity index (χ0v) is 10.4. The zero-order valence-electron chi connectivity index (χ0n) is 9.61. The number of primary sulfonamides is 1. The Balaban J connectivity index is 2.26. The lowest BCUT2D eigenvalue weighted by atomic mass is 10.3. The zero-order chi connectivity index (χ0) is 12.8. The molecule has 1 saturated carbocycles. The fourth-order valence-corrected chi connectivity index (χ4v) is 2.22. The fourth-order valence-electron chi connectivity index (χ4n) is 1.51. The molecule has 1 heterocycles. The molecule has 0 spiro atoms. The molecule has 3 N–H and O–H groups in total. The lowest BCUT2D eigenvalue weighted by Crippen LogP contribution is -2.33. The second kappa shape index (κ2) is 3.58. The minimum absolute atomic E-state index is 0.0281. The molecule has 0 saturated heterocycles. The molecule has 1 aromatic heterocycles. The first-order valence-corrected chi connectivity index (χ1v) is 6.72. The predicted molar refractivity (Wildman–Crippen MR) is 59.9 cm³/mol. The highest BCUT2D eigenvalue weighted by atomic mass is 32.2. The fraction of sp³-hybridized carbons (Fsp3) is 0.500. The highest BCUT2D eigenvalue weighted by molar-refractivity contribution is 7.89. The van der Waals surface area contributed by atoms with Crippen molar-refractivity contribution in [3.8, 4) is 0 Å². The van der Waals surface area contributed by atoms with Gasteiger partial charge in [-0.15, -0.1) is 0 Å². The summed E-state index contributed by atoms with van der Waals surface area (Å²) >= 11 is 0. The summed E-state index contributed by atoms with van der Waals surface area (Å²) in [5.74, 6) is -0.318. The van der Waals surface area contributed by atoms with E-state index in [1.807, 2.05) is 6.92 Å². The summed E-state index contributed by atoms with van der Waals surface area (Å²) in [5.41, 5.74) is -0.181. The minimum Gasteiger partial charge on any atom is -0.455 e. The monoisotopic (exact) mass is 258 g/mol. The molecule has 1 amide bonds. The van der Waals surface area contributed by atoms with Crippen LogP contribution in [0.25, 0.3) is 0 Å². The van der Waals surface area contributed by atoms with Crippen LogP contribution in [0.4, 0.5) is 0 Å². The average Bonchev–Trinajstić information content (AvgIpc) is 2.75. The van der Waals surface area contributed by atoms with Gasteiger partial charge in [0.05, 0.1) is 0 Å². The molecule has 6 nitrogen and oxygen atoms in total. The Hall–Kier alpha value is -1.34. The molecule has 0 bridgehead atoms. The van der Waals surface area contributed by atoms with Crippen LogP contribution in [0.1, 0.15) is 36.1 Å². The van der Waals surface area contributed by atoms with E-state index >= 15 is 0 Å². The number of nitrogens with two attached hydrogens (primary N) is 1. The largest absolute Gasteiger partial charge is 0.455 e. The van der Waals surface area contributed by atoms with E-state index in [9.17, 15) is 13.2 Å². The molecule has 17 heavy (non-hydrogen) atoms. The van der Waals surface area contributed by atoms with Gasteiger partial charge in [-0.05, 0) is 26.7 Å². The molecular formula is C10H14N2O4S. The lowest BCUT2D eigenvalue weighted by Gasteiger charge is -2.08. The average molecular weight is 258 g/mol. The van der Waals surface area contributed by atoms with Crippen molar-refractivity contribution in [3.05, 3.63) is 17.6 Å². The summed E-state index contributed by atoms with van der Waals surface area (Å²) < 4.78 is 27.5. The topological polar surface area (TPSA) is 102 Å². The van der Waals surface area contributed by atoms with Gasteiger partial charge >= 0.3 is 0 Å². The number of hydrogen-bond acceptors (Lipinski definition) is 4. The SMILES string of the molecule is Cc1oc(C(=O)NC2(C)CC2)cc1S(N)(=O)=O. The molecule has 7 heteroatoms. The molecule has 94 valence electrons. The number of amides is 1. The normalized spacial score (nSPS) is 17.8. The summed E-state index contributed by atoms with van der Waals surface area (Å²) in [7, 11) is -3.85. The summed E-state index contributed by atoms with van der Waals surface area (Å²) in [4.78, 5) is 11.6. The number of nitrogens with one attached hydrogen (secondary N) is 1. The Morgan fingerprint density at radius 1 is 1.53 bits per heavy atom. The summed E-state index contributed by atoms with van der Waals surface area (Å²) in [6.45, 7) is 3.37. The molecule has 1 aromatic rings. The number of furan rings is 1. The maximum atomic E-state index is 11.8. The molecule has 0 unspecified atom stereocenters. The van der Waals surface area contributed by atoms with Gasteiger partial charge in [0, 0.05) is 11.6 Å². The van der Waals surface area contributed by atoms with Gasteiger partial charge in [0.2, 0.25) is 10.0 Å².